The summed E-state index contributed by atoms with van der Waals surface area (Å²) in [4.78, 5) is 25.2. The van der Waals surface area contributed by atoms with E-state index in [-0.39, 0.29) is 16.6 Å². The van der Waals surface area contributed by atoms with Crippen molar-refractivity contribution < 1.29 is 25.3 Å². The Bertz CT molecular complexity index is 4210. The Balaban J connectivity index is 0.000000164. The van der Waals surface area contributed by atoms with Gasteiger partial charge in [-0.1, -0.05) is 114 Å². The number of aromatic nitrogens is 6. The standard InChI is InChI=1S/C37H39ClN6O2S.C30H33ClN6.2O2S/c1-27-12-14-29(15-13-27)47(45,46)43-22-20-42(21-23-43)37-17-7-16-36(26-37,18-19-37)41-35-39-24-32(38)34(40-35)31-25-44(28-8-3-2-4-9-28)33-11-6-5-10-30(31)33;31-25-19-33-28(35-29-11-6-12-30(21-29,14-13-29)36-17-15-32-16-18-36)34-27(25)24-20-37(22-7-2-1-3-8-22)26-10-5-4-9-23(24)26;2*1-3-2/h2-6,8-15,24-25H,7,16-23,26H2,1H3,(H,39,40,41);1-5,7-10,19-20,32H,6,11-18,21H2,(H,33,34,35);;. The molecule has 4 aromatic heterocycles. The minimum absolute atomic E-state index is 0.0589. The number of aryl methyl sites for hydroxylation is 1. The number of rotatable bonds is 12. The van der Waals surface area contributed by atoms with Gasteiger partial charge < -0.3 is 25.1 Å². The summed E-state index contributed by atoms with van der Waals surface area (Å²) in [6.07, 6.45) is 21.5. The first-order chi connectivity index (χ1) is 43.7. The van der Waals surface area contributed by atoms with E-state index in [0.29, 0.717) is 45.5 Å². The second-order valence-electron chi connectivity index (χ2n) is 24.7. The van der Waals surface area contributed by atoms with Crippen molar-refractivity contribution in [1.82, 2.24) is 48.5 Å². The highest BCUT2D eigenvalue weighted by Gasteiger charge is 2.56. The van der Waals surface area contributed by atoms with Crippen molar-refractivity contribution in [3.63, 3.8) is 0 Å². The molecule has 15 rings (SSSR count). The zero-order valence-corrected chi connectivity index (χ0v) is 54.1. The molecule has 90 heavy (non-hydrogen) atoms. The quantitative estimate of drug-likeness (QED) is 0.104. The Kier molecular flexibility index (Phi) is 19.0. The van der Waals surface area contributed by atoms with Gasteiger partial charge in [-0.25, -0.2) is 28.4 Å². The molecule has 9 aromatic rings. The van der Waals surface area contributed by atoms with Crippen LogP contribution in [0.15, 0.2) is 163 Å². The van der Waals surface area contributed by atoms with E-state index in [9.17, 15) is 8.42 Å². The van der Waals surface area contributed by atoms with Crippen LogP contribution in [0.2, 0.25) is 10.0 Å². The van der Waals surface area contributed by atoms with Crippen molar-refractivity contribution >= 4 is 90.1 Å². The Labute approximate surface area is 542 Å². The molecule has 6 fully saturated rings. The Morgan fingerprint density at radius 1 is 0.511 bits per heavy atom. The van der Waals surface area contributed by atoms with Crippen molar-refractivity contribution in [2.75, 3.05) is 63.0 Å². The Hall–Kier alpha value is -7.05. The lowest BCUT2D eigenvalue weighted by Gasteiger charge is -2.49. The maximum absolute atomic E-state index is 13.4. The van der Waals surface area contributed by atoms with Crippen LogP contribution in [-0.2, 0) is 33.2 Å². The fraction of sp³-hybridized carbons (Fsp3) is 0.373. The highest BCUT2D eigenvalue weighted by atomic mass is 35.5. The van der Waals surface area contributed by atoms with Gasteiger partial charge in [0.05, 0.1) is 49.8 Å². The summed E-state index contributed by atoms with van der Waals surface area (Å²) in [5.41, 5.74) is 9.32. The number of sulfonamides is 1. The first kappa shape index (κ1) is 63.1. The summed E-state index contributed by atoms with van der Waals surface area (Å²) in [6.45, 7) is 9.00. The predicted molar refractivity (Wildman–Crippen MR) is 356 cm³/mol. The molecule has 6 aliphatic rings. The van der Waals surface area contributed by atoms with Gasteiger partial charge in [0.1, 0.15) is 0 Å². The number of nitrogens with one attached hydrogen (secondary N) is 3. The highest BCUT2D eigenvalue weighted by molar-refractivity contribution is 7.89. The van der Waals surface area contributed by atoms with E-state index < -0.39 is 33.2 Å². The van der Waals surface area contributed by atoms with Gasteiger partial charge in [0.25, 0.3) is 0 Å². The largest absolute Gasteiger partial charge is 0.349 e. The molecule has 4 atom stereocenters. The van der Waals surface area contributed by atoms with Gasteiger partial charge in [-0.15, -0.1) is 0 Å². The Morgan fingerprint density at radius 2 is 0.933 bits per heavy atom. The number of anilines is 2. The maximum atomic E-state index is 13.4. The van der Waals surface area contributed by atoms with Crippen LogP contribution in [0.1, 0.15) is 82.6 Å². The molecule has 5 aromatic carbocycles. The molecule has 4 saturated carbocycles. The van der Waals surface area contributed by atoms with Gasteiger partial charge in [0.2, 0.25) is 21.9 Å². The van der Waals surface area contributed by atoms with Crippen molar-refractivity contribution in [1.29, 1.82) is 0 Å². The highest BCUT2D eigenvalue weighted by Crippen LogP contribution is 2.54. The van der Waals surface area contributed by atoms with Crippen LogP contribution < -0.4 is 16.0 Å². The first-order valence-electron chi connectivity index (χ1n) is 30.8. The van der Waals surface area contributed by atoms with Gasteiger partial charge in [0, 0.05) is 120 Å². The number of fused-ring (bicyclic) bond motifs is 6. The van der Waals surface area contributed by atoms with Gasteiger partial charge in [-0.2, -0.15) is 21.1 Å². The van der Waals surface area contributed by atoms with Crippen LogP contribution >= 0.6 is 23.2 Å². The number of benzene rings is 5. The molecule has 4 unspecified atom stereocenters. The van der Waals surface area contributed by atoms with Crippen molar-refractivity contribution in [3.05, 3.63) is 174 Å². The second kappa shape index (κ2) is 27.0. The molecule has 2 aliphatic heterocycles. The topological polar surface area (TPSA) is 210 Å². The fourth-order valence-corrected chi connectivity index (χ4v) is 17.4. The zero-order valence-electron chi connectivity index (χ0n) is 50.1. The SMILES string of the molecule is Cc1ccc(S(=O)(=O)N2CCN(C34CCCC(Nc5ncc(Cl)c(-c6cn(-c7ccccc7)c7ccccc67)n5)(CC3)C4)CC2)cc1.Clc1cnc(NC23CCCC(N4CCNCC4)(CC2)C3)nc1-c1cn(-c2ccccc2)c2ccccc12.O=S=O.O=S=O. The van der Waals surface area contributed by atoms with E-state index in [2.05, 4.69) is 136 Å². The number of hydrogen-bond donors (Lipinski definition) is 3. The summed E-state index contributed by atoms with van der Waals surface area (Å²) in [5, 5.41) is 14.5. The van der Waals surface area contributed by atoms with E-state index in [1.165, 1.54) is 38.5 Å². The fourth-order valence-electron chi connectivity index (χ4n) is 15.6. The molecule has 3 N–H and O–H groups in total. The molecule has 2 saturated heterocycles. The Morgan fingerprint density at radius 3 is 1.39 bits per heavy atom. The molecule has 4 aliphatic carbocycles. The number of piperazine rings is 2. The van der Waals surface area contributed by atoms with E-state index in [1.54, 1.807) is 28.8 Å². The van der Waals surface area contributed by atoms with Crippen molar-refractivity contribution in [3.8, 4) is 33.9 Å². The van der Waals surface area contributed by atoms with Crippen LogP contribution in [0, 0.1) is 6.92 Å². The minimum Gasteiger partial charge on any atom is -0.349 e. The van der Waals surface area contributed by atoms with Gasteiger partial charge in [-0.05, 0) is 133 Å². The number of nitrogens with zero attached hydrogens (tertiary/aromatic N) is 9. The summed E-state index contributed by atoms with van der Waals surface area (Å²) in [6, 6.07) is 44.7. The third-order valence-electron chi connectivity index (χ3n) is 19.7. The summed E-state index contributed by atoms with van der Waals surface area (Å²) >= 11 is 12.1. The third kappa shape index (κ3) is 12.8. The third-order valence-corrected chi connectivity index (χ3v) is 22.1. The van der Waals surface area contributed by atoms with E-state index in [0.717, 1.165) is 139 Å². The number of para-hydroxylation sites is 4. The molecule has 0 radical (unpaired) electrons. The predicted octanol–water partition coefficient (Wildman–Crippen LogP) is 11.9. The summed E-state index contributed by atoms with van der Waals surface area (Å²) in [7, 11) is -3.50. The lowest BCUT2D eigenvalue weighted by atomic mass is 9.77. The maximum Gasteiger partial charge on any atom is 0.335 e. The average molecular weight is 1310 g/mol. The monoisotopic (exact) mass is 1310 g/mol. The molecule has 23 heteroatoms. The van der Waals surface area contributed by atoms with E-state index in [1.807, 2.05) is 49.4 Å². The van der Waals surface area contributed by atoms with Crippen LogP contribution in [0.5, 0.6) is 0 Å². The van der Waals surface area contributed by atoms with E-state index >= 15 is 0 Å². The lowest BCUT2D eigenvalue weighted by molar-refractivity contribution is 0.0341. The summed E-state index contributed by atoms with van der Waals surface area (Å²) < 4.78 is 66.0. The van der Waals surface area contributed by atoms with E-state index in [4.69, 9.17) is 50.0 Å². The van der Waals surface area contributed by atoms with Crippen molar-refractivity contribution in [2.45, 2.75) is 111 Å². The molecule has 0 amide bonds. The molecule has 4 bridgehead atoms. The smallest absolute Gasteiger partial charge is 0.335 e. The summed E-state index contributed by atoms with van der Waals surface area (Å²) in [5.74, 6) is 1.29. The molecule has 0 spiro atoms. The molecule has 18 nitrogen and oxygen atoms in total. The zero-order chi connectivity index (χ0) is 62.5. The van der Waals surface area contributed by atoms with Crippen molar-refractivity contribution in [2.24, 2.45) is 0 Å². The minimum atomic E-state index is -3.50. The molecular weight excluding hydrogens is 1240 g/mol. The average Bonchev–Trinajstić information content (AvgIpc) is 1.59. The van der Waals surface area contributed by atoms with Gasteiger partial charge in [-0.3, -0.25) is 9.80 Å². The molecule has 6 heterocycles. The van der Waals surface area contributed by atoms with Crippen LogP contribution in [0.4, 0.5) is 11.9 Å². The van der Waals surface area contributed by atoms with Crippen LogP contribution in [0.25, 0.3) is 55.7 Å². The number of hydrogen-bond acceptors (Lipinski definition) is 15. The number of halogens is 2. The normalized spacial score (nSPS) is 23.3. The lowest BCUT2D eigenvalue weighted by Crippen LogP contribution is -2.59. The first-order valence-corrected chi connectivity index (χ1v) is 34.3. The van der Waals surface area contributed by atoms with Crippen LogP contribution in [-0.4, -0.2) is 143 Å². The van der Waals surface area contributed by atoms with Gasteiger partial charge >= 0.3 is 23.1 Å². The molecular formula is C67H72Cl2N12O6S3. The van der Waals surface area contributed by atoms with Crippen LogP contribution in [0.3, 0.4) is 0 Å². The van der Waals surface area contributed by atoms with Gasteiger partial charge in [0.15, 0.2) is 0 Å². The second-order valence-corrected chi connectivity index (χ2v) is 27.7. The molecule has 468 valence electrons.